The summed E-state index contributed by atoms with van der Waals surface area (Å²) in [6.07, 6.45) is 1.92. The second-order valence-corrected chi connectivity index (χ2v) is 3.67. The lowest BCUT2D eigenvalue weighted by Gasteiger charge is -2.08. The molecule has 18 heavy (non-hydrogen) atoms. The zero-order valence-corrected chi connectivity index (χ0v) is 10.0. The summed E-state index contributed by atoms with van der Waals surface area (Å²) >= 11 is 0. The van der Waals surface area contributed by atoms with E-state index in [1.807, 2.05) is 0 Å². The van der Waals surface area contributed by atoms with Crippen molar-refractivity contribution in [1.82, 2.24) is 5.32 Å². The van der Waals surface area contributed by atoms with Crippen molar-refractivity contribution in [3.05, 3.63) is 33.4 Å². The summed E-state index contributed by atoms with van der Waals surface area (Å²) in [7, 11) is 0. The molecule has 0 unspecified atom stereocenters. The van der Waals surface area contributed by atoms with E-state index in [-0.39, 0.29) is 29.4 Å². The second-order valence-electron chi connectivity index (χ2n) is 3.67. The molecule has 0 fully saturated rings. The number of carbonyl (C=O) groups excluding carboxylic acids is 1. The van der Waals surface area contributed by atoms with Crippen molar-refractivity contribution in [2.45, 2.75) is 20.1 Å². The summed E-state index contributed by atoms with van der Waals surface area (Å²) in [5, 5.41) is 11.8. The molecule has 0 aliphatic carbocycles. The van der Waals surface area contributed by atoms with Crippen LogP contribution in [0.2, 0.25) is 0 Å². The molecule has 2 rings (SSSR count). The van der Waals surface area contributed by atoms with Gasteiger partial charge < -0.3 is 19.6 Å². The molecule has 0 saturated heterocycles. The van der Waals surface area contributed by atoms with Crippen molar-refractivity contribution in [3.8, 4) is 5.75 Å². The molecule has 1 aromatic heterocycles. The van der Waals surface area contributed by atoms with Gasteiger partial charge in [-0.05, 0) is 19.9 Å². The summed E-state index contributed by atoms with van der Waals surface area (Å²) in [4.78, 5) is 23.6. The number of ether oxygens (including phenoxy) is 1. The smallest absolute Gasteiger partial charge is 0.261 e. The maximum atomic E-state index is 12.1. The predicted octanol–water partition coefficient (Wildman–Crippen LogP) is 0.806. The summed E-state index contributed by atoms with van der Waals surface area (Å²) in [5.74, 6) is -0.543. The largest absolute Gasteiger partial charge is 0.487 e. The minimum Gasteiger partial charge on any atom is -0.487 e. The molecule has 2 N–H and O–H groups in total. The van der Waals surface area contributed by atoms with Gasteiger partial charge in [-0.1, -0.05) is 6.08 Å². The standard InChI is InChI=1S/C12H13NO5/c1-3-5-6-9(17-4-2)8(14)7-10(18-6)12(16)13-11(7)15/h3,5,12,16H,4H2,1-2H3,(H,13,15)/b5-3+/t12-/m1/s1. The lowest BCUT2D eigenvalue weighted by Crippen LogP contribution is -2.22. The third-order valence-corrected chi connectivity index (χ3v) is 2.47. The molecular formula is C12H13NO5. The highest BCUT2D eigenvalue weighted by Gasteiger charge is 2.35. The van der Waals surface area contributed by atoms with Crippen molar-refractivity contribution < 1.29 is 19.1 Å². The molecule has 1 atom stereocenters. The maximum Gasteiger partial charge on any atom is 0.261 e. The summed E-state index contributed by atoms with van der Waals surface area (Å²) in [6, 6.07) is 0. The van der Waals surface area contributed by atoms with Crippen molar-refractivity contribution in [2.75, 3.05) is 6.61 Å². The molecular weight excluding hydrogens is 238 g/mol. The molecule has 0 bridgehead atoms. The first kappa shape index (κ1) is 12.4. The van der Waals surface area contributed by atoms with Crippen LogP contribution in [0, 0.1) is 0 Å². The average Bonchev–Trinajstić information content (AvgIpc) is 2.60. The Bertz CT molecular complexity index is 573. The summed E-state index contributed by atoms with van der Waals surface area (Å²) in [6.45, 7) is 3.75. The number of allylic oxidation sites excluding steroid dienone is 1. The van der Waals surface area contributed by atoms with Gasteiger partial charge >= 0.3 is 0 Å². The van der Waals surface area contributed by atoms with E-state index in [1.54, 1.807) is 26.0 Å². The first-order chi connectivity index (χ1) is 8.60. The number of carbonyl (C=O) groups is 1. The van der Waals surface area contributed by atoms with Crippen LogP contribution in [-0.2, 0) is 0 Å². The van der Waals surface area contributed by atoms with Gasteiger partial charge in [0.05, 0.1) is 6.61 Å². The van der Waals surface area contributed by atoms with Crippen LogP contribution in [0.4, 0.5) is 0 Å². The lowest BCUT2D eigenvalue weighted by atomic mass is 10.2. The number of hydrogen-bond acceptors (Lipinski definition) is 5. The number of amides is 1. The Morgan fingerprint density at radius 3 is 2.83 bits per heavy atom. The molecule has 2 heterocycles. The third-order valence-electron chi connectivity index (χ3n) is 2.47. The average molecular weight is 251 g/mol. The fraction of sp³-hybridized carbons (Fsp3) is 0.333. The first-order valence-electron chi connectivity index (χ1n) is 5.55. The van der Waals surface area contributed by atoms with Crippen LogP contribution < -0.4 is 15.5 Å². The molecule has 1 aromatic rings. The Labute approximate surface area is 103 Å². The monoisotopic (exact) mass is 251 g/mol. The number of nitrogens with one attached hydrogen (secondary N) is 1. The molecule has 0 saturated carbocycles. The van der Waals surface area contributed by atoms with Gasteiger partial charge in [0.1, 0.15) is 5.56 Å². The summed E-state index contributed by atoms with van der Waals surface area (Å²) < 4.78 is 10.6. The molecule has 1 aliphatic rings. The highest BCUT2D eigenvalue weighted by atomic mass is 16.5. The van der Waals surface area contributed by atoms with Crippen molar-refractivity contribution >= 4 is 12.0 Å². The quantitative estimate of drug-likeness (QED) is 0.829. The van der Waals surface area contributed by atoms with Crippen LogP contribution in [0.15, 0.2) is 15.3 Å². The Morgan fingerprint density at radius 2 is 2.22 bits per heavy atom. The minimum atomic E-state index is -1.29. The third kappa shape index (κ3) is 1.80. The van der Waals surface area contributed by atoms with E-state index in [1.165, 1.54) is 0 Å². The molecule has 6 heteroatoms. The van der Waals surface area contributed by atoms with E-state index in [0.717, 1.165) is 0 Å². The topological polar surface area (TPSA) is 88.8 Å². The highest BCUT2D eigenvalue weighted by molar-refractivity contribution is 5.98. The van der Waals surface area contributed by atoms with E-state index < -0.39 is 17.6 Å². The number of aliphatic hydroxyl groups is 1. The second kappa shape index (κ2) is 4.66. The number of hydrogen-bond donors (Lipinski definition) is 2. The van der Waals surface area contributed by atoms with Gasteiger partial charge in [0.2, 0.25) is 11.2 Å². The number of rotatable bonds is 3. The van der Waals surface area contributed by atoms with E-state index in [0.29, 0.717) is 0 Å². The normalized spacial score (nSPS) is 17.9. The van der Waals surface area contributed by atoms with Crippen LogP contribution in [0.1, 0.15) is 42.0 Å². The van der Waals surface area contributed by atoms with Gasteiger partial charge in [-0.2, -0.15) is 0 Å². The zero-order valence-electron chi connectivity index (χ0n) is 10.0. The number of aliphatic hydroxyl groups excluding tert-OH is 1. The molecule has 0 radical (unpaired) electrons. The van der Waals surface area contributed by atoms with Crippen LogP contribution in [-0.4, -0.2) is 17.6 Å². The van der Waals surface area contributed by atoms with E-state index >= 15 is 0 Å². The number of fused-ring (bicyclic) bond motifs is 1. The molecule has 0 spiro atoms. The van der Waals surface area contributed by atoms with Crippen LogP contribution in [0.25, 0.3) is 6.08 Å². The van der Waals surface area contributed by atoms with E-state index in [4.69, 9.17) is 9.15 Å². The van der Waals surface area contributed by atoms with E-state index in [9.17, 15) is 14.7 Å². The minimum absolute atomic E-state index is 0.0152. The van der Waals surface area contributed by atoms with Gasteiger partial charge in [-0.3, -0.25) is 9.59 Å². The van der Waals surface area contributed by atoms with Crippen molar-refractivity contribution in [3.63, 3.8) is 0 Å². The van der Waals surface area contributed by atoms with Crippen LogP contribution in [0.5, 0.6) is 5.75 Å². The van der Waals surface area contributed by atoms with Crippen LogP contribution in [0.3, 0.4) is 0 Å². The SMILES string of the molecule is C/C=C/c1oc2c(c(=O)c1OCC)C(=O)N[C@@H]2O. The van der Waals surface area contributed by atoms with Crippen molar-refractivity contribution in [2.24, 2.45) is 0 Å². The van der Waals surface area contributed by atoms with Gasteiger partial charge in [0.15, 0.2) is 17.7 Å². The first-order valence-corrected chi connectivity index (χ1v) is 5.55. The fourth-order valence-electron chi connectivity index (χ4n) is 1.76. The predicted molar refractivity (Wildman–Crippen MR) is 63.3 cm³/mol. The van der Waals surface area contributed by atoms with Crippen LogP contribution >= 0.6 is 0 Å². The Balaban J connectivity index is 2.71. The van der Waals surface area contributed by atoms with E-state index in [2.05, 4.69) is 5.32 Å². The van der Waals surface area contributed by atoms with Gasteiger partial charge in [-0.15, -0.1) is 0 Å². The molecule has 1 aliphatic heterocycles. The highest BCUT2D eigenvalue weighted by Crippen LogP contribution is 2.27. The Hall–Kier alpha value is -2.08. The van der Waals surface area contributed by atoms with Gasteiger partial charge in [0.25, 0.3) is 5.91 Å². The van der Waals surface area contributed by atoms with Gasteiger partial charge in [0, 0.05) is 0 Å². The fourth-order valence-corrected chi connectivity index (χ4v) is 1.76. The van der Waals surface area contributed by atoms with Crippen molar-refractivity contribution in [1.29, 1.82) is 0 Å². The maximum absolute atomic E-state index is 12.1. The molecule has 0 aromatic carbocycles. The summed E-state index contributed by atoms with van der Waals surface area (Å²) in [5.41, 5.74) is -0.764. The molecule has 1 amide bonds. The Morgan fingerprint density at radius 1 is 1.50 bits per heavy atom. The molecule has 6 nitrogen and oxygen atoms in total. The zero-order chi connectivity index (χ0) is 13.3. The lowest BCUT2D eigenvalue weighted by molar-refractivity contribution is 0.0820. The molecule has 96 valence electrons. The Kier molecular flexibility index (Phi) is 3.20. The van der Waals surface area contributed by atoms with Gasteiger partial charge in [-0.25, -0.2) is 0 Å².